The first-order valence-electron chi connectivity index (χ1n) is 13.1. The van der Waals surface area contributed by atoms with Gasteiger partial charge < -0.3 is 4.74 Å². The molecule has 1 saturated heterocycles. The highest BCUT2D eigenvalue weighted by Crippen LogP contribution is 2.39. The van der Waals surface area contributed by atoms with Crippen molar-refractivity contribution in [3.8, 4) is 5.75 Å². The van der Waals surface area contributed by atoms with Crippen molar-refractivity contribution in [3.05, 3.63) is 66.4 Å². The number of ether oxygens (including phenoxy) is 1. The third kappa shape index (κ3) is 6.18. The van der Waals surface area contributed by atoms with E-state index in [0.717, 1.165) is 49.8 Å². The first-order valence-corrected chi connectivity index (χ1v) is 13.1. The van der Waals surface area contributed by atoms with Crippen LogP contribution in [0.25, 0.3) is 10.8 Å². The maximum atomic E-state index is 6.40. The lowest BCUT2D eigenvalue weighted by atomic mass is 9.72. The maximum absolute atomic E-state index is 6.40. The number of hydrogen-bond donors (Lipinski definition) is 0. The molecule has 2 aliphatic rings. The van der Waals surface area contributed by atoms with E-state index in [1.807, 2.05) is 12.2 Å². The molecule has 1 heterocycles. The van der Waals surface area contributed by atoms with Crippen molar-refractivity contribution in [2.75, 3.05) is 13.1 Å². The molecule has 3 heteroatoms. The van der Waals surface area contributed by atoms with Crippen LogP contribution in [-0.4, -0.2) is 30.8 Å². The average Bonchev–Trinajstić information content (AvgIpc) is 2.83. The largest absolute Gasteiger partial charge is 0.490 e. The molecule has 0 bridgehead atoms. The SMILES string of the molecule is C=C/C=C(\N=C)C1CCN(Cc2ccc3cc(OC4CCC(C(C)(C)C)CC4)ccc3c2)CC1. The fourth-order valence-electron chi connectivity index (χ4n) is 5.77. The monoisotopic (exact) mass is 458 g/mol. The predicted molar refractivity (Wildman–Crippen MR) is 146 cm³/mol. The highest BCUT2D eigenvalue weighted by atomic mass is 16.5. The summed E-state index contributed by atoms with van der Waals surface area (Å²) in [6.07, 6.45) is 11.3. The Labute approximate surface area is 206 Å². The fourth-order valence-corrected chi connectivity index (χ4v) is 5.77. The second-order valence-electron chi connectivity index (χ2n) is 11.3. The molecule has 2 fully saturated rings. The van der Waals surface area contributed by atoms with Gasteiger partial charge in [0.15, 0.2) is 0 Å². The topological polar surface area (TPSA) is 24.8 Å². The van der Waals surface area contributed by atoms with E-state index in [1.54, 1.807) is 0 Å². The van der Waals surface area contributed by atoms with Gasteiger partial charge in [0.2, 0.25) is 0 Å². The van der Waals surface area contributed by atoms with Crippen LogP contribution < -0.4 is 4.74 Å². The van der Waals surface area contributed by atoms with Crippen molar-refractivity contribution in [1.29, 1.82) is 0 Å². The van der Waals surface area contributed by atoms with Crippen LogP contribution in [0.15, 0.2) is 65.8 Å². The Morgan fingerprint density at radius 3 is 2.32 bits per heavy atom. The Hall–Kier alpha value is -2.39. The normalized spacial score (nSPS) is 23.1. The van der Waals surface area contributed by atoms with Gasteiger partial charge in [-0.2, -0.15) is 0 Å². The van der Waals surface area contributed by atoms with E-state index in [9.17, 15) is 0 Å². The van der Waals surface area contributed by atoms with Crippen LogP contribution in [0.5, 0.6) is 5.75 Å². The molecular formula is C31H42N2O. The van der Waals surface area contributed by atoms with Crippen LogP contribution in [0, 0.1) is 17.3 Å². The summed E-state index contributed by atoms with van der Waals surface area (Å²) < 4.78 is 6.40. The minimum atomic E-state index is 0.358. The molecule has 0 unspecified atom stereocenters. The molecule has 0 atom stereocenters. The van der Waals surface area contributed by atoms with Gasteiger partial charge in [-0.1, -0.05) is 51.6 Å². The van der Waals surface area contributed by atoms with E-state index < -0.39 is 0 Å². The zero-order valence-electron chi connectivity index (χ0n) is 21.4. The number of benzene rings is 2. The first kappa shape index (κ1) is 24.7. The maximum Gasteiger partial charge on any atom is 0.120 e. The van der Waals surface area contributed by atoms with E-state index in [0.29, 0.717) is 17.4 Å². The zero-order valence-corrected chi connectivity index (χ0v) is 21.4. The Morgan fingerprint density at radius 2 is 1.68 bits per heavy atom. The van der Waals surface area contributed by atoms with Crippen molar-refractivity contribution >= 4 is 17.5 Å². The minimum absolute atomic E-state index is 0.358. The third-order valence-electron chi connectivity index (χ3n) is 7.96. The number of fused-ring (bicyclic) bond motifs is 1. The van der Waals surface area contributed by atoms with Crippen LogP contribution in [0.1, 0.15) is 64.9 Å². The van der Waals surface area contributed by atoms with Gasteiger partial charge >= 0.3 is 0 Å². The molecule has 1 aliphatic carbocycles. The van der Waals surface area contributed by atoms with E-state index in [2.05, 4.69) is 80.4 Å². The summed E-state index contributed by atoms with van der Waals surface area (Å²) in [5.41, 5.74) is 2.87. The summed E-state index contributed by atoms with van der Waals surface area (Å²) in [5, 5.41) is 2.56. The summed E-state index contributed by atoms with van der Waals surface area (Å²) in [6, 6.07) is 13.5. The van der Waals surface area contributed by atoms with E-state index in [-0.39, 0.29) is 0 Å². The average molecular weight is 459 g/mol. The quantitative estimate of drug-likeness (QED) is 0.312. The Bertz CT molecular complexity index is 1020. The molecule has 182 valence electrons. The van der Waals surface area contributed by atoms with Gasteiger partial charge in [-0.15, -0.1) is 0 Å². The smallest absolute Gasteiger partial charge is 0.120 e. The van der Waals surface area contributed by atoms with E-state index >= 15 is 0 Å². The number of hydrogen-bond acceptors (Lipinski definition) is 3. The molecule has 1 saturated carbocycles. The van der Waals surface area contributed by atoms with E-state index in [1.165, 1.54) is 42.0 Å². The number of likely N-dealkylation sites (tertiary alicyclic amines) is 1. The zero-order chi connectivity index (χ0) is 24.1. The van der Waals surface area contributed by atoms with Crippen LogP contribution in [0.3, 0.4) is 0 Å². The summed E-state index contributed by atoms with van der Waals surface area (Å²) in [7, 11) is 0. The predicted octanol–water partition coefficient (Wildman–Crippen LogP) is 7.81. The van der Waals surface area contributed by atoms with Gasteiger partial charge in [-0.05, 0) is 110 Å². The molecule has 0 aromatic heterocycles. The van der Waals surface area contributed by atoms with Gasteiger partial charge in [0.05, 0.1) is 6.10 Å². The Balaban J connectivity index is 1.32. The number of piperidine rings is 1. The lowest BCUT2D eigenvalue weighted by Gasteiger charge is -2.37. The third-order valence-corrected chi connectivity index (χ3v) is 7.96. The van der Waals surface area contributed by atoms with Crippen LogP contribution in [0.4, 0.5) is 0 Å². The summed E-state index contributed by atoms with van der Waals surface area (Å²) in [4.78, 5) is 6.77. The molecule has 34 heavy (non-hydrogen) atoms. The lowest BCUT2D eigenvalue weighted by Crippen LogP contribution is -2.33. The lowest BCUT2D eigenvalue weighted by molar-refractivity contribution is 0.0883. The molecule has 2 aromatic carbocycles. The molecule has 0 amide bonds. The molecule has 2 aromatic rings. The second-order valence-corrected chi connectivity index (χ2v) is 11.3. The number of rotatable bonds is 7. The van der Waals surface area contributed by atoms with Gasteiger partial charge in [-0.25, -0.2) is 0 Å². The molecule has 1 aliphatic heterocycles. The molecule has 0 radical (unpaired) electrons. The van der Waals surface area contributed by atoms with Crippen molar-refractivity contribution in [2.45, 2.75) is 71.9 Å². The molecule has 0 N–H and O–H groups in total. The van der Waals surface area contributed by atoms with Crippen molar-refractivity contribution in [3.63, 3.8) is 0 Å². The molecular weight excluding hydrogens is 416 g/mol. The number of allylic oxidation sites excluding steroid dienone is 3. The molecule has 0 spiro atoms. The van der Waals surface area contributed by atoms with Gasteiger partial charge in [-0.3, -0.25) is 9.89 Å². The van der Waals surface area contributed by atoms with Crippen molar-refractivity contribution in [2.24, 2.45) is 22.2 Å². The van der Waals surface area contributed by atoms with Crippen LogP contribution in [-0.2, 0) is 6.54 Å². The first-order chi connectivity index (χ1) is 16.4. The Kier molecular flexibility index (Phi) is 7.93. The van der Waals surface area contributed by atoms with Gasteiger partial charge in [0.1, 0.15) is 5.75 Å². The van der Waals surface area contributed by atoms with Crippen molar-refractivity contribution in [1.82, 2.24) is 4.90 Å². The van der Waals surface area contributed by atoms with Crippen molar-refractivity contribution < 1.29 is 4.74 Å². The second kappa shape index (κ2) is 10.9. The van der Waals surface area contributed by atoms with Gasteiger partial charge in [0.25, 0.3) is 0 Å². The van der Waals surface area contributed by atoms with Crippen LogP contribution >= 0.6 is 0 Å². The Morgan fingerprint density at radius 1 is 1.00 bits per heavy atom. The summed E-state index contributed by atoms with van der Waals surface area (Å²) in [5.74, 6) is 2.34. The highest BCUT2D eigenvalue weighted by molar-refractivity contribution is 5.84. The number of aliphatic imine (C=N–C) groups is 1. The number of nitrogens with zero attached hydrogens (tertiary/aromatic N) is 2. The summed E-state index contributed by atoms with van der Waals surface area (Å²) in [6.45, 7) is 17.8. The van der Waals surface area contributed by atoms with Gasteiger partial charge in [0, 0.05) is 18.2 Å². The highest BCUT2D eigenvalue weighted by Gasteiger charge is 2.30. The standard InChI is InChI=1S/C31H42N2O/c1-6-7-30(32-5)24-16-18-33(19-17-24)22-23-8-9-26-21-29(13-10-25(26)20-23)34-28-14-11-27(12-15-28)31(2,3)4/h6-10,13,20-21,24,27-28H,1,5,11-12,14-19,22H2,2-4H3/b30-7-. The van der Waals surface area contributed by atoms with E-state index in [4.69, 9.17) is 4.74 Å². The minimum Gasteiger partial charge on any atom is -0.490 e. The molecule has 4 rings (SSSR count). The molecule has 3 nitrogen and oxygen atoms in total. The van der Waals surface area contributed by atoms with Crippen LogP contribution in [0.2, 0.25) is 0 Å². The summed E-state index contributed by atoms with van der Waals surface area (Å²) >= 11 is 0. The fraction of sp³-hybridized carbons (Fsp3) is 0.516.